The van der Waals surface area contributed by atoms with Gasteiger partial charge in [0.2, 0.25) is 11.8 Å². The van der Waals surface area contributed by atoms with Crippen molar-refractivity contribution in [2.75, 3.05) is 27.2 Å². The molecule has 2 unspecified atom stereocenters. The maximum Gasteiger partial charge on any atom is 0.251 e. The second kappa shape index (κ2) is 12.2. The quantitative estimate of drug-likeness (QED) is 0.325. The molecule has 0 radical (unpaired) electrons. The summed E-state index contributed by atoms with van der Waals surface area (Å²) < 4.78 is 0. The van der Waals surface area contributed by atoms with Crippen molar-refractivity contribution in [2.45, 2.75) is 49.6 Å². The molecule has 1 fully saturated rings. The van der Waals surface area contributed by atoms with Crippen LogP contribution in [0.25, 0.3) is 10.8 Å². The summed E-state index contributed by atoms with van der Waals surface area (Å²) in [6.45, 7) is 1.48. The number of fused-ring (bicyclic) bond motifs is 3. The minimum Gasteiger partial charge on any atom is -0.348 e. The molecular weight excluding hydrogens is 548 g/mol. The van der Waals surface area contributed by atoms with Crippen LogP contribution in [-0.2, 0) is 28.0 Å². The van der Waals surface area contributed by atoms with E-state index < -0.39 is 6.04 Å². The van der Waals surface area contributed by atoms with Gasteiger partial charge in [-0.1, -0.05) is 78.9 Å². The molecule has 2 aliphatic rings. The van der Waals surface area contributed by atoms with Crippen molar-refractivity contribution in [2.24, 2.45) is 5.73 Å². The van der Waals surface area contributed by atoms with Crippen LogP contribution in [0.4, 0.5) is 0 Å². The van der Waals surface area contributed by atoms with Crippen LogP contribution in [0.3, 0.4) is 0 Å². The van der Waals surface area contributed by atoms with Gasteiger partial charge in [0.1, 0.15) is 6.04 Å². The van der Waals surface area contributed by atoms with Crippen molar-refractivity contribution in [1.82, 2.24) is 15.1 Å². The molecule has 0 saturated carbocycles. The van der Waals surface area contributed by atoms with E-state index in [1.807, 2.05) is 55.4 Å². The zero-order valence-electron chi connectivity index (χ0n) is 25.5. The van der Waals surface area contributed by atoms with Crippen molar-refractivity contribution < 1.29 is 14.4 Å². The fourth-order valence-electron chi connectivity index (χ4n) is 7.16. The van der Waals surface area contributed by atoms with E-state index in [9.17, 15) is 14.4 Å². The minimum absolute atomic E-state index is 0.0801. The van der Waals surface area contributed by atoms with Crippen LogP contribution < -0.4 is 11.1 Å². The van der Waals surface area contributed by atoms with Gasteiger partial charge in [-0.25, -0.2) is 0 Å². The number of hydrogen-bond acceptors (Lipinski definition) is 4. The largest absolute Gasteiger partial charge is 0.348 e. The summed E-state index contributed by atoms with van der Waals surface area (Å²) >= 11 is 0. The van der Waals surface area contributed by atoms with Crippen LogP contribution in [0.15, 0.2) is 91.0 Å². The smallest absolute Gasteiger partial charge is 0.251 e. The highest BCUT2D eigenvalue weighted by Crippen LogP contribution is 2.52. The number of carbonyl (C=O) groups is 3. The third kappa shape index (κ3) is 5.72. The Hall–Kier alpha value is -4.49. The first kappa shape index (κ1) is 29.6. The van der Waals surface area contributed by atoms with Gasteiger partial charge in [0.05, 0.1) is 5.92 Å². The fourth-order valence-corrected chi connectivity index (χ4v) is 7.16. The molecule has 1 saturated heterocycles. The molecule has 2 atom stereocenters. The topological polar surface area (TPSA) is 95.7 Å². The summed E-state index contributed by atoms with van der Waals surface area (Å²) in [5, 5.41) is 5.30. The maximum atomic E-state index is 14.2. The van der Waals surface area contributed by atoms with Crippen LogP contribution in [0.2, 0.25) is 0 Å². The maximum absolute atomic E-state index is 14.2. The first-order valence-electron chi connectivity index (χ1n) is 15.4. The predicted molar refractivity (Wildman–Crippen MR) is 173 cm³/mol. The molecule has 3 N–H and O–H groups in total. The number of amides is 3. The first-order valence-corrected chi connectivity index (χ1v) is 15.4. The van der Waals surface area contributed by atoms with E-state index in [0.29, 0.717) is 31.6 Å². The molecule has 0 aromatic heterocycles. The number of nitrogens with zero attached hydrogens (tertiary/aromatic N) is 2. The van der Waals surface area contributed by atoms with Crippen molar-refractivity contribution in [3.8, 4) is 0 Å². The molecule has 3 amide bonds. The third-order valence-corrected chi connectivity index (χ3v) is 9.56. The molecule has 6 rings (SSSR count). The fraction of sp³-hybridized carbons (Fsp3) is 0.324. The van der Waals surface area contributed by atoms with Crippen LogP contribution in [0.5, 0.6) is 0 Å². The van der Waals surface area contributed by atoms with Gasteiger partial charge in [0.25, 0.3) is 5.91 Å². The number of piperidine rings is 1. The van der Waals surface area contributed by atoms with Gasteiger partial charge in [-0.3, -0.25) is 14.4 Å². The van der Waals surface area contributed by atoms with Crippen LogP contribution >= 0.6 is 0 Å². The van der Waals surface area contributed by atoms with E-state index >= 15 is 0 Å². The van der Waals surface area contributed by atoms with Crippen molar-refractivity contribution in [3.05, 3.63) is 119 Å². The van der Waals surface area contributed by atoms with Gasteiger partial charge in [0.15, 0.2) is 0 Å². The SMILES string of the molecule is CN(C)C(=O)C1CC2(CCN(C(=O)C(Cc3ccc4ccccc4c3)NC(=O)c3cccc(CN)c3)CC2)c2ccccc21. The van der Waals surface area contributed by atoms with Gasteiger partial charge in [0, 0.05) is 51.1 Å². The Kier molecular flexibility index (Phi) is 8.23. The highest BCUT2D eigenvalue weighted by atomic mass is 16.2. The zero-order chi connectivity index (χ0) is 30.8. The Balaban J connectivity index is 1.23. The Labute approximate surface area is 259 Å². The van der Waals surface area contributed by atoms with E-state index in [4.69, 9.17) is 5.73 Å². The Morgan fingerprint density at radius 2 is 1.61 bits per heavy atom. The zero-order valence-corrected chi connectivity index (χ0v) is 25.5. The number of hydrogen-bond donors (Lipinski definition) is 2. The Morgan fingerprint density at radius 1 is 0.886 bits per heavy atom. The molecule has 1 spiro atoms. The molecule has 4 aromatic rings. The molecule has 0 bridgehead atoms. The number of carbonyl (C=O) groups excluding carboxylic acids is 3. The molecule has 7 nitrogen and oxygen atoms in total. The van der Waals surface area contributed by atoms with Crippen LogP contribution in [0.1, 0.15) is 57.8 Å². The van der Waals surface area contributed by atoms with E-state index in [-0.39, 0.29) is 29.1 Å². The monoisotopic (exact) mass is 588 g/mol. The van der Waals surface area contributed by atoms with Gasteiger partial charge in [-0.2, -0.15) is 0 Å². The normalized spacial score (nSPS) is 17.7. The second-order valence-electron chi connectivity index (χ2n) is 12.5. The van der Waals surface area contributed by atoms with Gasteiger partial charge >= 0.3 is 0 Å². The summed E-state index contributed by atoms with van der Waals surface area (Å²) in [4.78, 5) is 44.4. The Bertz CT molecular complexity index is 1710. The lowest BCUT2D eigenvalue weighted by Crippen LogP contribution is -2.53. The van der Waals surface area contributed by atoms with E-state index in [0.717, 1.165) is 46.7 Å². The molecule has 1 aliphatic carbocycles. The van der Waals surface area contributed by atoms with E-state index in [2.05, 4.69) is 47.8 Å². The number of nitrogens with one attached hydrogen (secondary N) is 1. The minimum atomic E-state index is -0.724. The lowest BCUT2D eigenvalue weighted by molar-refractivity contribution is -0.135. The summed E-state index contributed by atoms with van der Waals surface area (Å²) in [5.41, 5.74) is 10.4. The summed E-state index contributed by atoms with van der Waals surface area (Å²) in [7, 11) is 3.63. The first-order chi connectivity index (χ1) is 21.3. The van der Waals surface area contributed by atoms with Gasteiger partial charge < -0.3 is 20.9 Å². The number of likely N-dealkylation sites (N-methyl/N-ethyl adjacent to an activating group) is 1. The lowest BCUT2D eigenvalue weighted by atomic mass is 9.73. The number of benzene rings is 4. The van der Waals surface area contributed by atoms with Crippen molar-refractivity contribution in [3.63, 3.8) is 0 Å². The second-order valence-corrected chi connectivity index (χ2v) is 12.5. The highest BCUT2D eigenvalue weighted by Gasteiger charge is 2.48. The number of likely N-dealkylation sites (tertiary alicyclic amines) is 1. The molecule has 7 heteroatoms. The van der Waals surface area contributed by atoms with Crippen molar-refractivity contribution in [1.29, 1.82) is 0 Å². The molecule has 226 valence electrons. The average molecular weight is 589 g/mol. The number of nitrogens with two attached hydrogens (primary N) is 1. The standard InChI is InChI=1S/C37H40N4O3/c1-40(2)35(43)31-23-37(32-13-6-5-12-30(31)32)16-18-41(19-17-37)36(44)33(39-34(42)29-11-7-8-26(21-29)24-38)22-25-14-15-27-9-3-4-10-28(27)20-25/h3-15,20-21,31,33H,16-19,22-24,38H2,1-2H3,(H,39,42). The molecule has 1 heterocycles. The molecule has 44 heavy (non-hydrogen) atoms. The number of rotatable bonds is 7. The molecular formula is C37H40N4O3. The van der Waals surface area contributed by atoms with Crippen LogP contribution in [0, 0.1) is 0 Å². The van der Waals surface area contributed by atoms with Gasteiger partial charge in [-0.15, -0.1) is 0 Å². The van der Waals surface area contributed by atoms with E-state index in [1.165, 1.54) is 5.56 Å². The summed E-state index contributed by atoms with van der Waals surface area (Å²) in [5.74, 6) is -0.399. The lowest BCUT2D eigenvalue weighted by Gasteiger charge is -2.41. The van der Waals surface area contributed by atoms with Crippen molar-refractivity contribution >= 4 is 28.5 Å². The summed E-state index contributed by atoms with van der Waals surface area (Å²) in [6, 6.07) is 29.1. The Morgan fingerprint density at radius 3 is 2.36 bits per heavy atom. The van der Waals surface area contributed by atoms with Gasteiger partial charge in [-0.05, 0) is 64.4 Å². The summed E-state index contributed by atoms with van der Waals surface area (Å²) in [6.07, 6.45) is 2.71. The average Bonchev–Trinajstić information content (AvgIpc) is 3.37. The van der Waals surface area contributed by atoms with Crippen LogP contribution in [-0.4, -0.2) is 60.7 Å². The molecule has 1 aliphatic heterocycles. The molecule has 4 aromatic carbocycles. The predicted octanol–water partition coefficient (Wildman–Crippen LogP) is 4.78. The highest BCUT2D eigenvalue weighted by molar-refractivity contribution is 5.98. The third-order valence-electron chi connectivity index (χ3n) is 9.56. The van der Waals surface area contributed by atoms with E-state index in [1.54, 1.807) is 17.0 Å².